The number of carbonyl (C=O) groups excluding carboxylic acids is 1. The van der Waals surface area contributed by atoms with Gasteiger partial charge in [0.05, 0.1) is 0 Å². The van der Waals surface area contributed by atoms with E-state index in [2.05, 4.69) is 10.2 Å². The van der Waals surface area contributed by atoms with Gasteiger partial charge in [-0.15, -0.1) is 0 Å². The van der Waals surface area contributed by atoms with E-state index in [9.17, 15) is 4.79 Å². The maximum Gasteiger partial charge on any atom is 0.251 e. The number of nitrogen functional groups attached to an aromatic ring is 1. The molecule has 1 unspecified atom stereocenters. The first-order valence-electron chi connectivity index (χ1n) is 6.95. The van der Waals surface area contributed by atoms with Crippen molar-refractivity contribution in [3.63, 3.8) is 0 Å². The summed E-state index contributed by atoms with van der Waals surface area (Å²) in [5, 5.41) is 3.03. The Kier molecular flexibility index (Phi) is 4.43. The molecule has 0 bridgehead atoms. The number of hydrogen-bond acceptors (Lipinski definition) is 3. The van der Waals surface area contributed by atoms with Gasteiger partial charge in [0.15, 0.2) is 0 Å². The summed E-state index contributed by atoms with van der Waals surface area (Å²) in [5.74, 6) is -0.0432. The van der Waals surface area contributed by atoms with Crippen molar-refractivity contribution in [3.05, 3.63) is 29.3 Å². The summed E-state index contributed by atoms with van der Waals surface area (Å²) in [6, 6.07) is 5.61. The van der Waals surface area contributed by atoms with Crippen molar-refractivity contribution >= 4 is 11.6 Å². The van der Waals surface area contributed by atoms with E-state index < -0.39 is 0 Å². The first kappa shape index (κ1) is 13.9. The number of hydrogen-bond donors (Lipinski definition) is 2. The van der Waals surface area contributed by atoms with Gasteiger partial charge in [0.1, 0.15) is 0 Å². The third-order valence-corrected chi connectivity index (χ3v) is 3.65. The summed E-state index contributed by atoms with van der Waals surface area (Å²) in [4.78, 5) is 14.5. The zero-order chi connectivity index (χ0) is 13.8. The van der Waals surface area contributed by atoms with Gasteiger partial charge in [-0.05, 0) is 57.5 Å². The fraction of sp³-hybridized carbons (Fsp3) is 0.533. The Labute approximate surface area is 115 Å². The second-order valence-corrected chi connectivity index (χ2v) is 5.45. The third kappa shape index (κ3) is 3.70. The monoisotopic (exact) mass is 261 g/mol. The number of rotatable bonds is 4. The Hall–Kier alpha value is -1.55. The van der Waals surface area contributed by atoms with E-state index in [1.165, 1.54) is 12.8 Å². The highest BCUT2D eigenvalue weighted by Gasteiger charge is 2.16. The third-order valence-electron chi connectivity index (χ3n) is 3.65. The van der Waals surface area contributed by atoms with Crippen molar-refractivity contribution in [2.45, 2.75) is 32.7 Å². The molecule has 3 N–H and O–H groups in total. The smallest absolute Gasteiger partial charge is 0.251 e. The molecule has 0 spiro atoms. The Morgan fingerprint density at radius 1 is 1.42 bits per heavy atom. The normalized spacial score (nSPS) is 17.4. The average Bonchev–Trinajstić information content (AvgIpc) is 2.85. The molecular weight excluding hydrogens is 238 g/mol. The highest BCUT2D eigenvalue weighted by molar-refractivity contribution is 5.95. The molecule has 1 aliphatic rings. The molecule has 0 radical (unpaired) electrons. The Balaban J connectivity index is 1.90. The minimum atomic E-state index is -0.0432. The highest BCUT2D eigenvalue weighted by Crippen LogP contribution is 2.13. The van der Waals surface area contributed by atoms with Gasteiger partial charge < -0.3 is 16.0 Å². The van der Waals surface area contributed by atoms with E-state index in [-0.39, 0.29) is 11.9 Å². The van der Waals surface area contributed by atoms with E-state index in [0.717, 1.165) is 25.2 Å². The van der Waals surface area contributed by atoms with Crippen LogP contribution < -0.4 is 11.1 Å². The highest BCUT2D eigenvalue weighted by atomic mass is 16.1. The van der Waals surface area contributed by atoms with Crippen LogP contribution in [0, 0.1) is 6.92 Å². The van der Waals surface area contributed by atoms with Gasteiger partial charge in [0.25, 0.3) is 5.91 Å². The molecule has 2 rings (SSSR count). The summed E-state index contributed by atoms with van der Waals surface area (Å²) >= 11 is 0. The number of benzene rings is 1. The van der Waals surface area contributed by atoms with Crippen LogP contribution >= 0.6 is 0 Å². The molecule has 1 amide bonds. The summed E-state index contributed by atoms with van der Waals surface area (Å²) in [6.07, 6.45) is 2.55. The molecule has 19 heavy (non-hydrogen) atoms. The molecule has 1 aromatic rings. The Bertz CT molecular complexity index is 453. The van der Waals surface area contributed by atoms with Gasteiger partial charge in [-0.1, -0.05) is 6.07 Å². The van der Waals surface area contributed by atoms with Crippen LogP contribution in [0.3, 0.4) is 0 Å². The van der Waals surface area contributed by atoms with Gasteiger partial charge >= 0.3 is 0 Å². The second-order valence-electron chi connectivity index (χ2n) is 5.45. The molecule has 1 saturated heterocycles. The SMILES string of the molecule is Cc1ccc(C(=O)NC(C)CN2CCCC2)cc1N. The molecule has 0 aromatic heterocycles. The van der Waals surface area contributed by atoms with Crippen LogP contribution in [0.1, 0.15) is 35.7 Å². The van der Waals surface area contributed by atoms with Crippen molar-refractivity contribution in [3.8, 4) is 0 Å². The predicted octanol–water partition coefficient (Wildman–Crippen LogP) is 1.79. The number of amides is 1. The number of likely N-dealkylation sites (tertiary alicyclic amines) is 1. The van der Waals surface area contributed by atoms with E-state index in [0.29, 0.717) is 11.3 Å². The van der Waals surface area contributed by atoms with Crippen LogP contribution in [-0.2, 0) is 0 Å². The quantitative estimate of drug-likeness (QED) is 0.812. The molecule has 1 atom stereocenters. The van der Waals surface area contributed by atoms with Gasteiger partial charge in [0.2, 0.25) is 0 Å². The summed E-state index contributed by atoms with van der Waals surface area (Å²) in [5.41, 5.74) is 8.14. The lowest BCUT2D eigenvalue weighted by atomic mass is 10.1. The predicted molar refractivity (Wildman–Crippen MR) is 78.2 cm³/mol. The van der Waals surface area contributed by atoms with E-state index in [1.54, 1.807) is 6.07 Å². The Morgan fingerprint density at radius 3 is 2.74 bits per heavy atom. The van der Waals surface area contributed by atoms with Crippen molar-refractivity contribution in [1.82, 2.24) is 10.2 Å². The summed E-state index contributed by atoms with van der Waals surface area (Å²) < 4.78 is 0. The van der Waals surface area contributed by atoms with Crippen molar-refractivity contribution in [1.29, 1.82) is 0 Å². The van der Waals surface area contributed by atoms with Crippen LogP contribution in [0.25, 0.3) is 0 Å². The molecular formula is C15H23N3O. The van der Waals surface area contributed by atoms with E-state index in [4.69, 9.17) is 5.73 Å². The van der Waals surface area contributed by atoms with Crippen LogP contribution in [0.15, 0.2) is 18.2 Å². The fourth-order valence-corrected chi connectivity index (χ4v) is 2.49. The van der Waals surface area contributed by atoms with Crippen LogP contribution in [0.5, 0.6) is 0 Å². The lowest BCUT2D eigenvalue weighted by molar-refractivity contribution is 0.0932. The van der Waals surface area contributed by atoms with Crippen molar-refractivity contribution in [2.75, 3.05) is 25.4 Å². The first-order chi connectivity index (χ1) is 9.06. The first-order valence-corrected chi connectivity index (χ1v) is 6.95. The lowest BCUT2D eigenvalue weighted by Gasteiger charge is -2.21. The maximum atomic E-state index is 12.1. The molecule has 0 aliphatic carbocycles. The van der Waals surface area contributed by atoms with Gasteiger partial charge in [-0.3, -0.25) is 4.79 Å². The number of anilines is 1. The lowest BCUT2D eigenvalue weighted by Crippen LogP contribution is -2.41. The fourth-order valence-electron chi connectivity index (χ4n) is 2.49. The average molecular weight is 261 g/mol. The largest absolute Gasteiger partial charge is 0.398 e. The molecule has 1 aliphatic heterocycles. The zero-order valence-electron chi connectivity index (χ0n) is 11.8. The number of nitrogens with two attached hydrogens (primary N) is 1. The molecule has 1 aromatic carbocycles. The van der Waals surface area contributed by atoms with Crippen LogP contribution in [-0.4, -0.2) is 36.5 Å². The minimum absolute atomic E-state index is 0.0432. The number of aryl methyl sites for hydroxylation is 1. The molecule has 4 heteroatoms. The van der Waals surface area contributed by atoms with Gasteiger partial charge in [0, 0.05) is 23.8 Å². The molecule has 1 fully saturated rings. The van der Waals surface area contributed by atoms with Crippen molar-refractivity contribution in [2.24, 2.45) is 0 Å². The van der Waals surface area contributed by atoms with Crippen LogP contribution in [0.2, 0.25) is 0 Å². The molecule has 4 nitrogen and oxygen atoms in total. The second kappa shape index (κ2) is 6.06. The van der Waals surface area contributed by atoms with E-state index in [1.807, 2.05) is 26.0 Å². The summed E-state index contributed by atoms with van der Waals surface area (Å²) in [6.45, 7) is 7.21. The molecule has 1 heterocycles. The van der Waals surface area contributed by atoms with Gasteiger partial charge in [-0.25, -0.2) is 0 Å². The van der Waals surface area contributed by atoms with Crippen LogP contribution in [0.4, 0.5) is 5.69 Å². The maximum absolute atomic E-state index is 12.1. The summed E-state index contributed by atoms with van der Waals surface area (Å²) in [7, 11) is 0. The number of nitrogens with zero attached hydrogens (tertiary/aromatic N) is 1. The minimum Gasteiger partial charge on any atom is -0.398 e. The molecule has 104 valence electrons. The van der Waals surface area contributed by atoms with Crippen molar-refractivity contribution < 1.29 is 4.79 Å². The zero-order valence-corrected chi connectivity index (χ0v) is 11.8. The van der Waals surface area contributed by atoms with E-state index >= 15 is 0 Å². The van der Waals surface area contributed by atoms with Gasteiger partial charge in [-0.2, -0.15) is 0 Å². The Morgan fingerprint density at radius 2 is 2.11 bits per heavy atom. The standard InChI is InChI=1S/C15H23N3O/c1-11-5-6-13(9-14(11)16)15(19)17-12(2)10-18-7-3-4-8-18/h5-6,9,12H,3-4,7-8,10,16H2,1-2H3,(H,17,19). The topological polar surface area (TPSA) is 58.4 Å². The number of carbonyl (C=O) groups is 1. The number of nitrogens with one attached hydrogen (secondary N) is 1. The molecule has 0 saturated carbocycles.